The van der Waals surface area contributed by atoms with Gasteiger partial charge in [-0.05, 0) is 47.0 Å². The van der Waals surface area contributed by atoms with Crippen molar-refractivity contribution in [2.75, 3.05) is 0 Å². The summed E-state index contributed by atoms with van der Waals surface area (Å²) in [4.78, 5) is 13.0. The van der Waals surface area contributed by atoms with Crippen LogP contribution in [0.5, 0.6) is 0 Å². The smallest absolute Gasteiger partial charge is 0.272 e. The minimum atomic E-state index is -0.123. The highest BCUT2D eigenvalue weighted by atomic mass is 79.9. The number of carbonyl (C=O) groups excluding carboxylic acids is 1. The molecule has 2 aromatic rings. The molecule has 0 atom stereocenters. The maximum absolute atomic E-state index is 11.9. The van der Waals surface area contributed by atoms with Gasteiger partial charge in [0.25, 0.3) is 5.91 Å². The van der Waals surface area contributed by atoms with E-state index in [4.69, 9.17) is 0 Å². The highest BCUT2D eigenvalue weighted by Gasteiger charge is 2.26. The van der Waals surface area contributed by atoms with Crippen LogP contribution in [0.3, 0.4) is 0 Å². The average Bonchev–Trinajstić information content (AvgIpc) is 2.94. The van der Waals surface area contributed by atoms with Gasteiger partial charge >= 0.3 is 0 Å². The monoisotopic (exact) mass is 325 g/mol. The molecule has 2 aromatic heterocycles. The van der Waals surface area contributed by atoms with Gasteiger partial charge in [-0.3, -0.25) is 9.89 Å². The lowest BCUT2D eigenvalue weighted by atomic mass is 10.2. The quantitative estimate of drug-likeness (QED) is 0.907. The average molecular weight is 326 g/mol. The molecule has 6 heteroatoms. The summed E-state index contributed by atoms with van der Waals surface area (Å²) in [7, 11) is 0. The maximum Gasteiger partial charge on any atom is 0.272 e. The first-order valence-electron chi connectivity index (χ1n) is 5.80. The molecule has 1 aliphatic carbocycles. The first kappa shape index (κ1) is 11.9. The lowest BCUT2D eigenvalue weighted by Gasteiger charge is -1.99. The van der Waals surface area contributed by atoms with Gasteiger partial charge in [-0.25, -0.2) is 0 Å². The molecule has 94 valence electrons. The van der Waals surface area contributed by atoms with E-state index in [9.17, 15) is 4.79 Å². The molecule has 1 aliphatic rings. The number of halogens is 1. The summed E-state index contributed by atoms with van der Waals surface area (Å²) in [5, 5.41) is 9.86. The van der Waals surface area contributed by atoms with Crippen molar-refractivity contribution < 1.29 is 4.79 Å². The first-order valence-corrected chi connectivity index (χ1v) is 7.41. The van der Waals surface area contributed by atoms with Crippen molar-refractivity contribution >= 4 is 33.2 Å². The lowest BCUT2D eigenvalue weighted by molar-refractivity contribution is 0.0946. The van der Waals surface area contributed by atoms with Crippen LogP contribution in [0.1, 0.15) is 39.8 Å². The zero-order valence-corrected chi connectivity index (χ0v) is 12.0. The highest BCUT2D eigenvalue weighted by Crippen LogP contribution is 2.38. The minimum Gasteiger partial charge on any atom is -0.346 e. The zero-order valence-electron chi connectivity index (χ0n) is 9.57. The number of carbonyl (C=O) groups is 1. The molecular weight excluding hydrogens is 314 g/mol. The number of rotatable bonds is 4. The summed E-state index contributed by atoms with van der Waals surface area (Å²) in [5.74, 6) is 0.468. The molecular formula is C12H12BrN3OS. The third-order valence-electron chi connectivity index (χ3n) is 2.90. The zero-order chi connectivity index (χ0) is 12.5. The summed E-state index contributed by atoms with van der Waals surface area (Å²) in [6, 6.07) is 5.83. The summed E-state index contributed by atoms with van der Waals surface area (Å²) >= 11 is 5.02. The number of H-pyrrole nitrogens is 1. The van der Waals surface area contributed by atoms with Crippen LogP contribution in [-0.4, -0.2) is 16.1 Å². The Hall–Kier alpha value is -1.14. The van der Waals surface area contributed by atoms with Crippen LogP contribution in [0.25, 0.3) is 0 Å². The highest BCUT2D eigenvalue weighted by molar-refractivity contribution is 9.11. The van der Waals surface area contributed by atoms with Crippen molar-refractivity contribution in [3.8, 4) is 0 Å². The number of nitrogens with zero attached hydrogens (tertiary/aromatic N) is 1. The molecule has 0 saturated heterocycles. The van der Waals surface area contributed by atoms with Crippen LogP contribution in [-0.2, 0) is 6.54 Å². The Kier molecular flexibility index (Phi) is 3.22. The number of aromatic amines is 1. The number of hydrogen-bond acceptors (Lipinski definition) is 3. The Morgan fingerprint density at radius 2 is 2.39 bits per heavy atom. The number of amides is 1. The largest absolute Gasteiger partial charge is 0.346 e. The normalized spacial score (nSPS) is 14.7. The van der Waals surface area contributed by atoms with Gasteiger partial charge in [-0.1, -0.05) is 0 Å². The second kappa shape index (κ2) is 4.85. The predicted octanol–water partition coefficient (Wildman–Crippen LogP) is 3.04. The Balaban J connectivity index is 1.59. The molecule has 0 aromatic carbocycles. The number of thiophene rings is 1. The molecule has 1 fully saturated rings. The van der Waals surface area contributed by atoms with E-state index in [0.717, 1.165) is 14.4 Å². The molecule has 0 radical (unpaired) electrons. The van der Waals surface area contributed by atoms with E-state index in [0.29, 0.717) is 18.2 Å². The van der Waals surface area contributed by atoms with E-state index >= 15 is 0 Å². The number of nitrogens with one attached hydrogen (secondary N) is 2. The standard InChI is InChI=1S/C12H12BrN3OS/c13-11-4-3-8(18-11)6-14-12(17)10-5-9(15-16-10)7-1-2-7/h3-5,7H,1-2,6H2,(H,14,17)(H,15,16). The van der Waals surface area contributed by atoms with Gasteiger partial charge in [0.2, 0.25) is 0 Å². The van der Waals surface area contributed by atoms with Gasteiger partial charge in [0.05, 0.1) is 10.3 Å². The SMILES string of the molecule is O=C(NCc1ccc(Br)s1)c1cc(C2CC2)[nH]n1. The summed E-state index contributed by atoms with van der Waals surface area (Å²) < 4.78 is 1.07. The first-order chi connectivity index (χ1) is 8.72. The molecule has 0 aliphatic heterocycles. The van der Waals surface area contributed by atoms with Crippen LogP contribution in [0, 0.1) is 0 Å². The topological polar surface area (TPSA) is 57.8 Å². The molecule has 1 amide bonds. The van der Waals surface area contributed by atoms with Crippen molar-refractivity contribution in [2.45, 2.75) is 25.3 Å². The van der Waals surface area contributed by atoms with Crippen LogP contribution in [0.4, 0.5) is 0 Å². The fourth-order valence-electron chi connectivity index (χ4n) is 1.76. The summed E-state index contributed by atoms with van der Waals surface area (Å²) in [5.41, 5.74) is 1.56. The van der Waals surface area contributed by atoms with E-state index in [1.54, 1.807) is 11.3 Å². The Labute approximate surface area is 117 Å². The molecule has 4 nitrogen and oxygen atoms in total. The molecule has 2 heterocycles. The Bertz CT molecular complexity index is 573. The van der Waals surface area contributed by atoms with Gasteiger partial charge < -0.3 is 5.32 Å². The number of aromatic nitrogens is 2. The molecule has 0 bridgehead atoms. The van der Waals surface area contributed by atoms with Crippen molar-refractivity contribution in [1.29, 1.82) is 0 Å². The van der Waals surface area contributed by atoms with Crippen LogP contribution >= 0.6 is 27.3 Å². The van der Waals surface area contributed by atoms with Crippen molar-refractivity contribution in [3.63, 3.8) is 0 Å². The molecule has 2 N–H and O–H groups in total. The van der Waals surface area contributed by atoms with Crippen molar-refractivity contribution in [2.24, 2.45) is 0 Å². The van der Waals surface area contributed by atoms with Gasteiger partial charge in [-0.2, -0.15) is 5.10 Å². The van der Waals surface area contributed by atoms with Gasteiger partial charge in [0, 0.05) is 16.5 Å². The van der Waals surface area contributed by atoms with E-state index in [-0.39, 0.29) is 5.91 Å². The maximum atomic E-state index is 11.9. The van der Waals surface area contributed by atoms with Crippen LogP contribution in [0.15, 0.2) is 22.0 Å². The summed E-state index contributed by atoms with van der Waals surface area (Å²) in [6.07, 6.45) is 2.40. The number of hydrogen-bond donors (Lipinski definition) is 2. The Morgan fingerprint density at radius 3 is 3.06 bits per heavy atom. The molecule has 0 spiro atoms. The second-order valence-corrected chi connectivity index (χ2v) is 6.92. The van der Waals surface area contributed by atoms with E-state index in [1.807, 2.05) is 18.2 Å². The fraction of sp³-hybridized carbons (Fsp3) is 0.333. The third kappa shape index (κ3) is 2.64. The minimum absolute atomic E-state index is 0.123. The van der Waals surface area contributed by atoms with Gasteiger partial charge in [0.1, 0.15) is 5.69 Å². The molecule has 18 heavy (non-hydrogen) atoms. The van der Waals surface area contributed by atoms with Gasteiger partial charge in [-0.15, -0.1) is 11.3 Å². The Morgan fingerprint density at radius 1 is 1.56 bits per heavy atom. The summed E-state index contributed by atoms with van der Waals surface area (Å²) in [6.45, 7) is 0.542. The molecule has 3 rings (SSSR count). The van der Waals surface area contributed by atoms with E-state index < -0.39 is 0 Å². The fourth-order valence-corrected chi connectivity index (χ4v) is 3.18. The molecule has 0 unspecified atom stereocenters. The van der Waals surface area contributed by atoms with Crippen molar-refractivity contribution in [1.82, 2.24) is 15.5 Å². The van der Waals surface area contributed by atoms with Crippen molar-refractivity contribution in [3.05, 3.63) is 38.3 Å². The van der Waals surface area contributed by atoms with Crippen LogP contribution < -0.4 is 5.32 Å². The van der Waals surface area contributed by atoms with E-state index in [2.05, 4.69) is 31.4 Å². The second-order valence-electron chi connectivity index (χ2n) is 4.37. The third-order valence-corrected chi connectivity index (χ3v) is 4.52. The van der Waals surface area contributed by atoms with E-state index in [1.165, 1.54) is 12.8 Å². The molecule has 1 saturated carbocycles. The predicted molar refractivity (Wildman–Crippen MR) is 73.8 cm³/mol. The van der Waals surface area contributed by atoms with Crippen LogP contribution in [0.2, 0.25) is 0 Å². The lowest BCUT2D eigenvalue weighted by Crippen LogP contribution is -2.22. The van der Waals surface area contributed by atoms with Gasteiger partial charge in [0.15, 0.2) is 0 Å².